The van der Waals surface area contributed by atoms with Gasteiger partial charge in [-0.3, -0.25) is 0 Å². The molecule has 0 aromatic heterocycles. The van der Waals surface area contributed by atoms with Gasteiger partial charge in [0.05, 0.1) is 0 Å². The first-order valence-electron chi connectivity index (χ1n) is 9.09. The van der Waals surface area contributed by atoms with Crippen molar-refractivity contribution in [3.8, 4) is 0 Å². The summed E-state index contributed by atoms with van der Waals surface area (Å²) in [5.41, 5.74) is 0.708. The number of hydrogen-bond donors (Lipinski definition) is 1. The highest BCUT2D eigenvalue weighted by molar-refractivity contribution is 7.80. The van der Waals surface area contributed by atoms with Gasteiger partial charge in [-0.05, 0) is 71.2 Å². The summed E-state index contributed by atoms with van der Waals surface area (Å²) in [5, 5.41) is 3.91. The van der Waals surface area contributed by atoms with Gasteiger partial charge in [0.1, 0.15) is 5.82 Å². The van der Waals surface area contributed by atoms with Gasteiger partial charge in [0.15, 0.2) is 5.11 Å². The molecule has 0 radical (unpaired) electrons. The van der Waals surface area contributed by atoms with E-state index in [9.17, 15) is 4.39 Å². The van der Waals surface area contributed by atoms with Crippen molar-refractivity contribution in [1.82, 2.24) is 14.7 Å². The van der Waals surface area contributed by atoms with Crippen molar-refractivity contribution in [3.63, 3.8) is 0 Å². The molecule has 6 heteroatoms. The van der Waals surface area contributed by atoms with Gasteiger partial charge in [-0.1, -0.05) is 6.07 Å². The van der Waals surface area contributed by atoms with E-state index >= 15 is 0 Å². The van der Waals surface area contributed by atoms with Crippen LogP contribution < -0.4 is 5.32 Å². The lowest BCUT2D eigenvalue weighted by Gasteiger charge is -2.41. The zero-order valence-corrected chi connectivity index (χ0v) is 16.7. The third-order valence-corrected chi connectivity index (χ3v) is 5.13. The standard InChI is InChI=1S/C19H31FN4S/c1-15(2)23-10-8-18(9-11-23)24(13-12-22(3)4)19(25)21-17-7-5-6-16(20)14-17/h5-7,14-15,18H,8-13H2,1-4H3,(H,21,25). The summed E-state index contributed by atoms with van der Waals surface area (Å²) >= 11 is 5.67. The molecule has 25 heavy (non-hydrogen) atoms. The number of likely N-dealkylation sites (N-methyl/N-ethyl adjacent to an activating group) is 1. The van der Waals surface area contributed by atoms with Crippen molar-refractivity contribution < 1.29 is 4.39 Å². The molecule has 1 aliphatic heterocycles. The molecule has 1 aliphatic rings. The van der Waals surface area contributed by atoms with Crippen molar-refractivity contribution >= 4 is 23.0 Å². The third-order valence-electron chi connectivity index (χ3n) is 4.80. The van der Waals surface area contributed by atoms with Crippen molar-refractivity contribution in [2.24, 2.45) is 0 Å². The van der Waals surface area contributed by atoms with Crippen molar-refractivity contribution in [1.29, 1.82) is 0 Å². The van der Waals surface area contributed by atoms with Gasteiger partial charge >= 0.3 is 0 Å². The Bertz CT molecular complexity index is 556. The van der Waals surface area contributed by atoms with E-state index in [1.807, 2.05) is 6.07 Å². The second-order valence-electron chi connectivity index (χ2n) is 7.30. The molecular formula is C19H31FN4S. The molecule has 0 spiro atoms. The van der Waals surface area contributed by atoms with Crippen LogP contribution in [-0.4, -0.2) is 72.2 Å². The number of piperidine rings is 1. The largest absolute Gasteiger partial charge is 0.345 e. The Morgan fingerprint density at radius 2 is 1.96 bits per heavy atom. The summed E-state index contributed by atoms with van der Waals surface area (Å²) < 4.78 is 13.4. The molecule has 1 fully saturated rings. The Hall–Kier alpha value is -1.24. The summed E-state index contributed by atoms with van der Waals surface area (Å²) in [6.07, 6.45) is 2.22. The zero-order chi connectivity index (χ0) is 18.4. The second kappa shape index (κ2) is 9.46. The fourth-order valence-corrected chi connectivity index (χ4v) is 3.59. The Kier molecular flexibility index (Phi) is 7.59. The predicted octanol–water partition coefficient (Wildman–Crippen LogP) is 3.26. The highest BCUT2D eigenvalue weighted by Gasteiger charge is 2.27. The topological polar surface area (TPSA) is 21.8 Å². The molecule has 1 heterocycles. The molecule has 0 bridgehead atoms. The summed E-state index contributed by atoms with van der Waals surface area (Å²) in [5.74, 6) is -0.252. The van der Waals surface area contributed by atoms with E-state index < -0.39 is 0 Å². The number of thiocarbonyl (C=S) groups is 1. The van der Waals surface area contributed by atoms with Crippen LogP contribution in [0.5, 0.6) is 0 Å². The molecule has 0 saturated carbocycles. The number of hydrogen-bond acceptors (Lipinski definition) is 3. The second-order valence-corrected chi connectivity index (χ2v) is 7.68. The molecule has 2 rings (SSSR count). The Labute approximate surface area is 157 Å². The molecule has 0 aliphatic carbocycles. The van der Waals surface area contributed by atoms with Crippen LogP contribution in [0.3, 0.4) is 0 Å². The van der Waals surface area contributed by atoms with Crippen LogP contribution in [-0.2, 0) is 0 Å². The number of benzene rings is 1. The minimum absolute atomic E-state index is 0.252. The van der Waals surface area contributed by atoms with Gasteiger partial charge in [0, 0.05) is 44.0 Å². The van der Waals surface area contributed by atoms with Crippen LogP contribution in [0.1, 0.15) is 26.7 Å². The first kappa shape index (κ1) is 20.1. The highest BCUT2D eigenvalue weighted by Crippen LogP contribution is 2.20. The van der Waals surface area contributed by atoms with E-state index in [1.54, 1.807) is 6.07 Å². The van der Waals surface area contributed by atoms with Crippen LogP contribution in [0, 0.1) is 5.82 Å². The molecule has 0 atom stereocenters. The van der Waals surface area contributed by atoms with Gasteiger partial charge in [-0.15, -0.1) is 0 Å². The van der Waals surface area contributed by atoms with E-state index in [4.69, 9.17) is 12.2 Å². The maximum atomic E-state index is 13.4. The lowest BCUT2D eigenvalue weighted by atomic mass is 10.0. The van der Waals surface area contributed by atoms with Crippen LogP contribution in [0.4, 0.5) is 10.1 Å². The average molecular weight is 367 g/mol. The van der Waals surface area contributed by atoms with Gasteiger partial charge in [0.2, 0.25) is 0 Å². The number of halogens is 1. The fraction of sp³-hybridized carbons (Fsp3) is 0.632. The van der Waals surface area contributed by atoms with E-state index in [1.165, 1.54) is 12.1 Å². The number of rotatable bonds is 6. The Balaban J connectivity index is 2.03. The van der Waals surface area contributed by atoms with E-state index in [2.05, 4.69) is 48.0 Å². The average Bonchev–Trinajstić information content (AvgIpc) is 2.55. The van der Waals surface area contributed by atoms with Gasteiger partial charge in [-0.2, -0.15) is 0 Å². The maximum Gasteiger partial charge on any atom is 0.173 e. The molecule has 1 aromatic rings. The summed E-state index contributed by atoms with van der Waals surface area (Å²) in [7, 11) is 4.14. The lowest BCUT2D eigenvalue weighted by molar-refractivity contribution is 0.125. The normalized spacial score (nSPS) is 16.4. The minimum atomic E-state index is -0.252. The van der Waals surface area contributed by atoms with Gasteiger partial charge in [0.25, 0.3) is 0 Å². The monoisotopic (exact) mass is 366 g/mol. The highest BCUT2D eigenvalue weighted by atomic mass is 32.1. The SMILES string of the molecule is CC(C)N1CCC(N(CCN(C)C)C(=S)Nc2cccc(F)c2)CC1. The molecule has 0 amide bonds. The quantitative estimate of drug-likeness (QED) is 0.778. The minimum Gasteiger partial charge on any atom is -0.345 e. The lowest BCUT2D eigenvalue weighted by Crippen LogP contribution is -2.51. The molecule has 4 nitrogen and oxygen atoms in total. The summed E-state index contributed by atoms with van der Waals surface area (Å²) in [4.78, 5) is 6.97. The van der Waals surface area contributed by atoms with Crippen molar-refractivity contribution in [2.45, 2.75) is 38.8 Å². The molecule has 1 N–H and O–H groups in total. The Morgan fingerprint density at radius 3 is 2.52 bits per heavy atom. The van der Waals surface area contributed by atoms with Crippen LogP contribution in [0.2, 0.25) is 0 Å². The third kappa shape index (κ3) is 6.20. The molecule has 140 valence electrons. The van der Waals surface area contributed by atoms with Crippen LogP contribution in [0.15, 0.2) is 24.3 Å². The van der Waals surface area contributed by atoms with Gasteiger partial charge in [-0.25, -0.2) is 4.39 Å². The molecular weight excluding hydrogens is 335 g/mol. The smallest absolute Gasteiger partial charge is 0.173 e. The maximum absolute atomic E-state index is 13.4. The van der Waals surface area contributed by atoms with E-state index in [0.29, 0.717) is 22.9 Å². The zero-order valence-electron chi connectivity index (χ0n) is 15.8. The molecule has 0 unspecified atom stereocenters. The van der Waals surface area contributed by atoms with Crippen LogP contribution >= 0.6 is 12.2 Å². The van der Waals surface area contributed by atoms with Crippen LogP contribution in [0.25, 0.3) is 0 Å². The van der Waals surface area contributed by atoms with E-state index in [-0.39, 0.29) is 5.82 Å². The van der Waals surface area contributed by atoms with Crippen molar-refractivity contribution in [3.05, 3.63) is 30.1 Å². The summed E-state index contributed by atoms with van der Waals surface area (Å²) in [6, 6.07) is 7.50. The Morgan fingerprint density at radius 1 is 1.28 bits per heavy atom. The number of likely N-dealkylation sites (tertiary alicyclic amines) is 1. The first-order valence-corrected chi connectivity index (χ1v) is 9.49. The van der Waals surface area contributed by atoms with E-state index in [0.717, 1.165) is 39.0 Å². The van der Waals surface area contributed by atoms with Crippen molar-refractivity contribution in [2.75, 3.05) is 45.6 Å². The molecule has 1 saturated heterocycles. The summed E-state index contributed by atoms with van der Waals surface area (Å²) in [6.45, 7) is 8.52. The number of anilines is 1. The first-order chi connectivity index (χ1) is 11.9. The fourth-order valence-electron chi connectivity index (χ4n) is 3.23. The predicted molar refractivity (Wildman–Crippen MR) is 108 cm³/mol. The van der Waals surface area contributed by atoms with Gasteiger partial charge < -0.3 is 20.0 Å². The molecule has 1 aromatic carbocycles. The number of nitrogens with zero attached hydrogens (tertiary/aromatic N) is 3. The number of nitrogens with one attached hydrogen (secondary N) is 1.